The molecule has 6 nitrogen and oxygen atoms in total. The third-order valence-electron chi connectivity index (χ3n) is 6.36. The van der Waals surface area contributed by atoms with E-state index in [4.69, 9.17) is 32.7 Å². The van der Waals surface area contributed by atoms with Crippen LogP contribution in [0.5, 0.6) is 5.75 Å². The summed E-state index contributed by atoms with van der Waals surface area (Å²) in [6, 6.07) is 19.3. The number of aryl methyl sites for hydroxylation is 1. The van der Waals surface area contributed by atoms with E-state index in [1.165, 1.54) is 4.31 Å². The van der Waals surface area contributed by atoms with Crippen molar-refractivity contribution in [2.24, 2.45) is 0 Å². The highest BCUT2D eigenvalue weighted by atomic mass is 35.5. The molecule has 188 valence electrons. The minimum atomic E-state index is -3.89. The van der Waals surface area contributed by atoms with E-state index in [9.17, 15) is 8.42 Å². The van der Waals surface area contributed by atoms with Crippen molar-refractivity contribution in [2.75, 3.05) is 37.2 Å². The minimum absolute atomic E-state index is 0.130. The van der Waals surface area contributed by atoms with Crippen LogP contribution < -0.4 is 9.04 Å². The van der Waals surface area contributed by atoms with Crippen LogP contribution in [0.1, 0.15) is 17.2 Å². The Kier molecular flexibility index (Phi) is 7.28. The zero-order valence-corrected chi connectivity index (χ0v) is 22.1. The highest BCUT2D eigenvalue weighted by molar-refractivity contribution is 7.93. The van der Waals surface area contributed by atoms with Gasteiger partial charge in [-0.1, -0.05) is 59.1 Å². The van der Waals surface area contributed by atoms with E-state index in [0.29, 0.717) is 53.5 Å². The smallest absolute Gasteiger partial charge is 0.268 e. The number of nitrogens with zero attached hydrogens (tertiary/aromatic N) is 2. The Labute approximate surface area is 221 Å². The molecule has 5 rings (SSSR count). The average molecular weight is 545 g/mol. The molecule has 2 heterocycles. The molecule has 2 aliphatic heterocycles. The monoisotopic (exact) mass is 544 g/mol. The number of para-hydroxylation sites is 1. The number of anilines is 1. The van der Waals surface area contributed by atoms with Crippen molar-refractivity contribution in [1.82, 2.24) is 4.90 Å². The minimum Gasteiger partial charge on any atom is -0.488 e. The van der Waals surface area contributed by atoms with Gasteiger partial charge in [0, 0.05) is 23.7 Å². The van der Waals surface area contributed by atoms with Gasteiger partial charge in [0.05, 0.1) is 40.6 Å². The average Bonchev–Trinajstić information content (AvgIpc) is 3.21. The fourth-order valence-electron chi connectivity index (χ4n) is 4.62. The lowest BCUT2D eigenvalue weighted by Gasteiger charge is -2.34. The molecule has 3 aromatic rings. The second-order valence-corrected chi connectivity index (χ2v) is 11.3. The Bertz CT molecular complexity index is 1390. The van der Waals surface area contributed by atoms with Crippen LogP contribution in [0.3, 0.4) is 0 Å². The fraction of sp³-hybridized carbons (Fsp3) is 0.259. The summed E-state index contributed by atoms with van der Waals surface area (Å²) in [5, 5.41) is 0.907. The largest absolute Gasteiger partial charge is 0.488 e. The molecule has 0 unspecified atom stereocenters. The first-order chi connectivity index (χ1) is 17.4. The molecule has 0 saturated carbocycles. The van der Waals surface area contributed by atoms with E-state index < -0.39 is 10.0 Å². The summed E-state index contributed by atoms with van der Waals surface area (Å²) in [5.41, 5.74) is 3.20. The van der Waals surface area contributed by atoms with E-state index in [1.54, 1.807) is 30.3 Å². The van der Waals surface area contributed by atoms with Gasteiger partial charge in [-0.05, 0) is 49.4 Å². The first-order valence-corrected chi connectivity index (χ1v) is 13.9. The Morgan fingerprint density at radius 2 is 1.75 bits per heavy atom. The summed E-state index contributed by atoms with van der Waals surface area (Å²) in [6.45, 7) is 4.63. The van der Waals surface area contributed by atoms with Crippen LogP contribution in [-0.2, 0) is 14.8 Å². The molecule has 0 amide bonds. The molecular weight excluding hydrogens is 519 g/mol. The number of rotatable bonds is 6. The molecule has 3 aromatic carbocycles. The van der Waals surface area contributed by atoms with E-state index in [0.717, 1.165) is 11.1 Å². The highest BCUT2D eigenvalue weighted by Gasteiger charge is 2.43. The molecule has 9 heteroatoms. The summed E-state index contributed by atoms with van der Waals surface area (Å²) in [4.78, 5) is 2.49. The first kappa shape index (κ1) is 25.1. The predicted molar refractivity (Wildman–Crippen MR) is 142 cm³/mol. The van der Waals surface area contributed by atoms with Crippen LogP contribution in [-0.4, -0.2) is 46.2 Å². The van der Waals surface area contributed by atoms with Crippen LogP contribution in [0.2, 0.25) is 10.0 Å². The molecule has 0 aliphatic carbocycles. The fourth-order valence-corrected chi connectivity index (χ4v) is 6.65. The zero-order valence-electron chi connectivity index (χ0n) is 19.7. The third kappa shape index (κ3) is 4.86. The molecule has 0 spiro atoms. The molecule has 0 bridgehead atoms. The first-order valence-electron chi connectivity index (χ1n) is 11.7. The van der Waals surface area contributed by atoms with Crippen molar-refractivity contribution < 1.29 is 17.9 Å². The van der Waals surface area contributed by atoms with Gasteiger partial charge in [0.15, 0.2) is 0 Å². The number of halogens is 2. The molecule has 36 heavy (non-hydrogen) atoms. The van der Waals surface area contributed by atoms with Crippen LogP contribution in [0, 0.1) is 6.92 Å². The SMILES string of the molecule is Cc1ccc(S(=O)(=O)N2/C(=C\COc3ccc(Cl)cc3Cl)[C@H](N3CCOCC3)c3ccccc32)cc1. The van der Waals surface area contributed by atoms with E-state index in [2.05, 4.69) is 4.90 Å². The maximum Gasteiger partial charge on any atom is 0.268 e. The summed E-state index contributed by atoms with van der Waals surface area (Å²) >= 11 is 12.3. The topological polar surface area (TPSA) is 59.1 Å². The van der Waals surface area contributed by atoms with Gasteiger partial charge in [-0.15, -0.1) is 0 Å². The summed E-state index contributed by atoms with van der Waals surface area (Å²) in [5.74, 6) is 0.476. The van der Waals surface area contributed by atoms with Crippen LogP contribution in [0.25, 0.3) is 0 Å². The molecule has 0 aromatic heterocycles. The lowest BCUT2D eigenvalue weighted by atomic mass is 10.0. The van der Waals surface area contributed by atoms with Crippen LogP contribution >= 0.6 is 23.2 Å². The molecular formula is C27H26Cl2N2O4S. The zero-order chi connectivity index (χ0) is 25.3. The molecule has 0 radical (unpaired) electrons. The second-order valence-electron chi connectivity index (χ2n) is 8.71. The van der Waals surface area contributed by atoms with Gasteiger partial charge in [0.2, 0.25) is 0 Å². The number of benzene rings is 3. The lowest BCUT2D eigenvalue weighted by Crippen LogP contribution is -2.41. The Balaban J connectivity index is 1.58. The van der Waals surface area contributed by atoms with E-state index in [-0.39, 0.29) is 17.5 Å². The maximum atomic E-state index is 14.0. The van der Waals surface area contributed by atoms with Gasteiger partial charge in [0.25, 0.3) is 10.0 Å². The number of hydrogen-bond donors (Lipinski definition) is 0. The maximum absolute atomic E-state index is 14.0. The van der Waals surface area contributed by atoms with Crippen LogP contribution in [0.4, 0.5) is 5.69 Å². The number of sulfonamides is 1. The van der Waals surface area contributed by atoms with E-state index in [1.807, 2.05) is 49.4 Å². The van der Waals surface area contributed by atoms with Gasteiger partial charge in [-0.2, -0.15) is 0 Å². The standard InChI is InChI=1S/C27H26Cl2N2O4S/c1-19-6-9-21(10-7-19)36(32,33)31-24-5-3-2-4-22(24)27(30-13-16-34-17-14-30)25(31)12-15-35-26-11-8-20(28)18-23(26)29/h2-12,18,27H,13-17H2,1H3/b25-12-/t27-/m1/s1. The quantitative estimate of drug-likeness (QED) is 0.389. The highest BCUT2D eigenvalue weighted by Crippen LogP contribution is 2.48. The van der Waals surface area contributed by atoms with Crippen molar-refractivity contribution in [3.8, 4) is 5.75 Å². The Hall–Kier alpha value is -2.55. The van der Waals surface area contributed by atoms with Crippen molar-refractivity contribution in [3.63, 3.8) is 0 Å². The van der Waals surface area contributed by atoms with Gasteiger partial charge >= 0.3 is 0 Å². The summed E-state index contributed by atoms with van der Waals surface area (Å²) in [6.07, 6.45) is 1.83. The van der Waals surface area contributed by atoms with E-state index >= 15 is 0 Å². The normalized spacial score (nSPS) is 19.5. The number of morpholine rings is 1. The van der Waals surface area contributed by atoms with Crippen molar-refractivity contribution in [2.45, 2.75) is 17.9 Å². The second kappa shape index (κ2) is 10.4. The lowest BCUT2D eigenvalue weighted by molar-refractivity contribution is 0.0241. The van der Waals surface area contributed by atoms with Crippen LogP contribution in [0.15, 0.2) is 83.4 Å². The summed E-state index contributed by atoms with van der Waals surface area (Å²) < 4.78 is 41.0. The van der Waals surface area contributed by atoms with Crippen molar-refractivity contribution in [1.29, 1.82) is 0 Å². The van der Waals surface area contributed by atoms with Gasteiger partial charge in [0.1, 0.15) is 12.4 Å². The number of fused-ring (bicyclic) bond motifs is 1. The third-order valence-corrected chi connectivity index (χ3v) is 8.65. The Morgan fingerprint density at radius 3 is 2.47 bits per heavy atom. The van der Waals surface area contributed by atoms with Gasteiger partial charge < -0.3 is 9.47 Å². The van der Waals surface area contributed by atoms with Gasteiger partial charge in [-0.3, -0.25) is 4.90 Å². The van der Waals surface area contributed by atoms with Gasteiger partial charge in [-0.25, -0.2) is 12.7 Å². The molecule has 1 atom stereocenters. The van der Waals surface area contributed by atoms with Crippen molar-refractivity contribution in [3.05, 3.63) is 99.7 Å². The molecule has 1 fully saturated rings. The molecule has 2 aliphatic rings. The van der Waals surface area contributed by atoms with Crippen molar-refractivity contribution >= 4 is 38.9 Å². The molecule has 1 saturated heterocycles. The predicted octanol–water partition coefficient (Wildman–Crippen LogP) is 5.85. The Morgan fingerprint density at radius 1 is 1.03 bits per heavy atom. The molecule has 0 N–H and O–H groups in total. The number of hydrogen-bond acceptors (Lipinski definition) is 5. The summed E-state index contributed by atoms with van der Waals surface area (Å²) in [7, 11) is -3.89. The number of ether oxygens (including phenoxy) is 2.